The Morgan fingerprint density at radius 1 is 0.241 bits per heavy atom. The Hall–Kier alpha value is -5.75. The van der Waals surface area contributed by atoms with Crippen LogP contribution in [0.2, 0.25) is 0 Å². The number of hydrogen-bond acceptors (Lipinski definition) is 6. The normalized spacial score (nSPS) is 13.4. The Labute approximate surface area is 509 Å². The fraction of sp³-hybridized carbons (Fsp3) is 0.545. The molecular weight excluding hydrogens is 1020 g/mol. The van der Waals surface area contributed by atoms with E-state index in [-0.39, 0.29) is 37.5 Å². The number of ether oxygens (including phenoxy) is 3. The predicted molar refractivity (Wildman–Crippen MR) is 361 cm³/mol. The fourth-order valence-corrected chi connectivity index (χ4v) is 8.27. The van der Waals surface area contributed by atoms with Gasteiger partial charge in [-0.3, -0.25) is 14.4 Å². The highest BCUT2D eigenvalue weighted by atomic mass is 16.6. The maximum atomic E-state index is 12.9. The summed E-state index contributed by atoms with van der Waals surface area (Å²) in [6.45, 7) is 6.21. The van der Waals surface area contributed by atoms with E-state index in [1.807, 2.05) is 0 Å². The molecule has 1 unspecified atom stereocenters. The maximum absolute atomic E-state index is 12.9. The Kier molecular flexibility index (Phi) is 64.0. The van der Waals surface area contributed by atoms with Gasteiger partial charge in [-0.1, -0.05) is 273 Å². The van der Waals surface area contributed by atoms with Gasteiger partial charge in [0.2, 0.25) is 0 Å². The van der Waals surface area contributed by atoms with Gasteiger partial charge in [0.15, 0.2) is 6.10 Å². The molecule has 0 saturated carbocycles. The maximum Gasteiger partial charge on any atom is 0.306 e. The van der Waals surface area contributed by atoms with Crippen LogP contribution in [0.25, 0.3) is 0 Å². The van der Waals surface area contributed by atoms with E-state index >= 15 is 0 Å². The lowest BCUT2D eigenvalue weighted by Gasteiger charge is -2.18. The van der Waals surface area contributed by atoms with Gasteiger partial charge in [0.05, 0.1) is 0 Å². The molecule has 0 amide bonds. The third-order valence-electron chi connectivity index (χ3n) is 13.1. The van der Waals surface area contributed by atoms with Crippen LogP contribution >= 0.6 is 0 Å². The highest BCUT2D eigenvalue weighted by Gasteiger charge is 2.19. The molecule has 0 fully saturated rings. The molecule has 1 atom stereocenters. The van der Waals surface area contributed by atoms with E-state index < -0.39 is 6.10 Å². The molecule has 0 radical (unpaired) electrons. The molecule has 0 aromatic carbocycles. The van der Waals surface area contributed by atoms with Crippen molar-refractivity contribution in [3.63, 3.8) is 0 Å². The first-order valence-electron chi connectivity index (χ1n) is 32.9. The van der Waals surface area contributed by atoms with Crippen molar-refractivity contribution in [3.8, 4) is 0 Å². The lowest BCUT2D eigenvalue weighted by Crippen LogP contribution is -2.30. The number of hydrogen-bond donors (Lipinski definition) is 0. The van der Waals surface area contributed by atoms with E-state index in [0.717, 1.165) is 161 Å². The summed E-state index contributed by atoms with van der Waals surface area (Å²) in [5.41, 5.74) is 0. The molecule has 0 saturated heterocycles. The lowest BCUT2D eigenvalue weighted by atomic mass is 10.0. The fourth-order valence-electron chi connectivity index (χ4n) is 8.27. The summed E-state index contributed by atoms with van der Waals surface area (Å²) in [4.78, 5) is 38.3. The van der Waals surface area contributed by atoms with Crippen molar-refractivity contribution in [3.05, 3.63) is 194 Å². The van der Waals surface area contributed by atoms with Crippen LogP contribution in [-0.2, 0) is 28.6 Å². The van der Waals surface area contributed by atoms with Gasteiger partial charge in [-0.05, 0) is 154 Å². The average molecular weight is 1140 g/mol. The first kappa shape index (κ1) is 77.2. The number of rotatable bonds is 57. The van der Waals surface area contributed by atoms with Crippen molar-refractivity contribution in [2.24, 2.45) is 0 Å². The topological polar surface area (TPSA) is 78.9 Å². The second-order valence-corrected chi connectivity index (χ2v) is 20.9. The molecule has 0 rings (SSSR count). The molecule has 0 aromatic heterocycles. The van der Waals surface area contributed by atoms with Crippen molar-refractivity contribution in [2.75, 3.05) is 13.2 Å². The minimum absolute atomic E-state index is 0.123. The number of esters is 3. The largest absolute Gasteiger partial charge is 0.462 e. The van der Waals surface area contributed by atoms with E-state index in [1.165, 1.54) is 44.9 Å². The molecule has 6 heteroatoms. The highest BCUT2D eigenvalue weighted by molar-refractivity contribution is 5.71. The van der Waals surface area contributed by atoms with E-state index in [1.54, 1.807) is 0 Å². The zero-order valence-electron chi connectivity index (χ0n) is 52.9. The molecule has 83 heavy (non-hydrogen) atoms. The van der Waals surface area contributed by atoms with Crippen LogP contribution in [0.1, 0.15) is 252 Å². The van der Waals surface area contributed by atoms with Gasteiger partial charge >= 0.3 is 17.9 Å². The van der Waals surface area contributed by atoms with Gasteiger partial charge in [0, 0.05) is 19.3 Å². The quantitative estimate of drug-likeness (QED) is 0.0261. The van der Waals surface area contributed by atoms with Crippen molar-refractivity contribution in [1.29, 1.82) is 0 Å². The summed E-state index contributed by atoms with van der Waals surface area (Å²) in [6, 6.07) is 0. The van der Waals surface area contributed by atoms with Gasteiger partial charge in [0.25, 0.3) is 0 Å². The molecule has 0 spiro atoms. The van der Waals surface area contributed by atoms with Crippen LogP contribution in [0.5, 0.6) is 0 Å². The molecule has 0 bridgehead atoms. The molecule has 0 aliphatic rings. The zero-order chi connectivity index (χ0) is 59.9. The van der Waals surface area contributed by atoms with Crippen LogP contribution in [-0.4, -0.2) is 37.2 Å². The van der Waals surface area contributed by atoms with Crippen LogP contribution in [0, 0.1) is 0 Å². The minimum atomic E-state index is -0.829. The number of carbonyl (C=O) groups excluding carboxylic acids is 3. The minimum Gasteiger partial charge on any atom is -0.462 e. The van der Waals surface area contributed by atoms with Crippen LogP contribution < -0.4 is 0 Å². The van der Waals surface area contributed by atoms with Gasteiger partial charge < -0.3 is 14.2 Å². The third-order valence-corrected chi connectivity index (χ3v) is 13.1. The van der Waals surface area contributed by atoms with Crippen molar-refractivity contribution in [1.82, 2.24) is 0 Å². The van der Waals surface area contributed by atoms with Crippen molar-refractivity contribution >= 4 is 17.9 Å². The van der Waals surface area contributed by atoms with Crippen LogP contribution in [0.4, 0.5) is 0 Å². The van der Waals surface area contributed by atoms with E-state index in [0.29, 0.717) is 19.3 Å². The monoisotopic (exact) mass is 1140 g/mol. The van der Waals surface area contributed by atoms with Gasteiger partial charge in [-0.25, -0.2) is 0 Å². The second kappa shape index (κ2) is 68.7. The summed E-state index contributed by atoms with van der Waals surface area (Å²) >= 11 is 0. The summed E-state index contributed by atoms with van der Waals surface area (Å²) in [7, 11) is 0. The smallest absolute Gasteiger partial charge is 0.306 e. The van der Waals surface area contributed by atoms with E-state index in [2.05, 4.69) is 215 Å². The zero-order valence-corrected chi connectivity index (χ0v) is 52.9. The summed E-state index contributed by atoms with van der Waals surface area (Å²) in [6.07, 6.45) is 104. The second-order valence-electron chi connectivity index (χ2n) is 20.9. The SMILES string of the molecule is CC/C=C\C/C=C\C/C=C\C/C=C\C/C=C\C/C=C\C/C=C\C/C=C\C/C=C\CCCC(=O)OCC(COC(=O)CCCCC/C=C\C/C=C\C/C=C\CC)OC(=O)CCCCCCCCCCCC/C=C\C/C=C\C/C=C\C/C=C\CC. The number of unbranched alkanes of at least 4 members (excludes halogenated alkanes) is 14. The predicted octanol–water partition coefficient (Wildman–Crippen LogP) is 23.0. The summed E-state index contributed by atoms with van der Waals surface area (Å²) in [5.74, 6) is -1.02. The highest BCUT2D eigenvalue weighted by Crippen LogP contribution is 2.14. The van der Waals surface area contributed by atoms with E-state index in [9.17, 15) is 14.4 Å². The Balaban J connectivity index is 4.49. The van der Waals surface area contributed by atoms with Crippen molar-refractivity contribution < 1.29 is 28.6 Å². The van der Waals surface area contributed by atoms with Crippen LogP contribution in [0.3, 0.4) is 0 Å². The molecule has 0 N–H and O–H groups in total. The molecule has 0 aliphatic heterocycles. The van der Waals surface area contributed by atoms with E-state index in [4.69, 9.17) is 14.2 Å². The summed E-state index contributed by atoms with van der Waals surface area (Å²) < 4.78 is 16.8. The first-order valence-corrected chi connectivity index (χ1v) is 32.9. The average Bonchev–Trinajstić information content (AvgIpc) is 3.49. The first-order chi connectivity index (χ1) is 41.0. The van der Waals surface area contributed by atoms with Crippen molar-refractivity contribution in [2.45, 2.75) is 258 Å². The summed E-state index contributed by atoms with van der Waals surface area (Å²) in [5, 5.41) is 0. The molecular formula is C77H118O6. The Bertz CT molecular complexity index is 1990. The third kappa shape index (κ3) is 66.9. The molecule has 462 valence electrons. The Morgan fingerprint density at radius 2 is 0.446 bits per heavy atom. The lowest BCUT2D eigenvalue weighted by molar-refractivity contribution is -0.167. The van der Waals surface area contributed by atoms with Gasteiger partial charge in [-0.15, -0.1) is 0 Å². The van der Waals surface area contributed by atoms with Gasteiger partial charge in [0.1, 0.15) is 13.2 Å². The van der Waals surface area contributed by atoms with Gasteiger partial charge in [-0.2, -0.15) is 0 Å². The molecule has 6 nitrogen and oxygen atoms in total. The molecule has 0 aromatic rings. The standard InChI is InChI=1S/C77H118O6/c1-4-7-10-13-16-19-22-25-27-29-31-33-35-36-37-38-39-40-42-43-45-47-49-52-55-58-61-64-67-70-76(79)82-73-74(72-81-75(78)69-66-63-60-57-54-51-24-21-18-15-12-9-6-3)83-77(80)71-68-65-62-59-56-53-50-48-46-44-41-34-32-30-28-26-23-20-17-14-11-8-5-2/h7-12,16-21,25-28,31-34,36-37,39-40,43,45,49,51-52,54,58,61,74H,4-6,13-15,22-24,29-30,35,38,41-42,44,46-48,50,53,55-57,59-60,62-73H2,1-3H3/b10-7-,11-8-,12-9-,19-16-,20-17-,21-18-,27-25-,28-26-,33-31-,34-32-,37-36-,40-39-,45-43-,52-49-,54-51-,61-58-. The Morgan fingerprint density at radius 3 is 0.735 bits per heavy atom. The number of carbonyl (C=O) groups is 3. The van der Waals surface area contributed by atoms with Crippen LogP contribution in [0.15, 0.2) is 194 Å². The number of allylic oxidation sites excluding steroid dienone is 32. The molecule has 0 heterocycles. The molecule has 0 aliphatic carbocycles.